The zero-order chi connectivity index (χ0) is 13.2. The van der Waals surface area contributed by atoms with Crippen LogP contribution in [-0.4, -0.2) is 4.98 Å². The van der Waals surface area contributed by atoms with Gasteiger partial charge in [-0.1, -0.05) is 58.4 Å². The van der Waals surface area contributed by atoms with Gasteiger partial charge in [-0.05, 0) is 24.8 Å². The number of aromatic amines is 1. The van der Waals surface area contributed by atoms with Crippen molar-refractivity contribution in [1.82, 2.24) is 4.98 Å². The van der Waals surface area contributed by atoms with Crippen LogP contribution < -0.4 is 5.56 Å². The summed E-state index contributed by atoms with van der Waals surface area (Å²) < 4.78 is 0. The van der Waals surface area contributed by atoms with Crippen molar-refractivity contribution in [3.63, 3.8) is 0 Å². The summed E-state index contributed by atoms with van der Waals surface area (Å²) in [5.74, 6) is 0.539. The number of H-pyrrole nitrogens is 1. The molecule has 0 saturated heterocycles. The van der Waals surface area contributed by atoms with Crippen molar-refractivity contribution >= 4 is 0 Å². The summed E-state index contributed by atoms with van der Waals surface area (Å²) in [6.45, 7) is 4.47. The average molecular weight is 249 g/mol. The topological polar surface area (TPSA) is 32.9 Å². The predicted molar refractivity (Wildman–Crippen MR) is 78.1 cm³/mol. The molecule has 1 aromatic heterocycles. The summed E-state index contributed by atoms with van der Waals surface area (Å²) in [5, 5.41) is 0. The van der Waals surface area contributed by atoms with Gasteiger partial charge >= 0.3 is 0 Å². The lowest BCUT2D eigenvalue weighted by molar-refractivity contribution is 0.497. The summed E-state index contributed by atoms with van der Waals surface area (Å²) in [6.07, 6.45) is 10.0. The van der Waals surface area contributed by atoms with Gasteiger partial charge in [0.05, 0.1) is 0 Å². The van der Waals surface area contributed by atoms with Gasteiger partial charge in [-0.25, -0.2) is 0 Å². The van der Waals surface area contributed by atoms with E-state index in [-0.39, 0.29) is 5.56 Å². The molecule has 0 atom stereocenters. The van der Waals surface area contributed by atoms with Gasteiger partial charge in [-0.3, -0.25) is 4.79 Å². The molecule has 0 bridgehead atoms. The smallest absolute Gasteiger partial charge is 0.248 e. The number of hydrogen-bond acceptors (Lipinski definition) is 1. The Morgan fingerprint density at radius 1 is 1.00 bits per heavy atom. The Labute approximate surface area is 111 Å². The normalized spacial score (nSPS) is 11.1. The molecule has 0 aliphatic heterocycles. The van der Waals surface area contributed by atoms with E-state index in [0.29, 0.717) is 5.92 Å². The van der Waals surface area contributed by atoms with E-state index in [1.54, 1.807) is 6.07 Å². The molecule has 0 saturated carbocycles. The highest BCUT2D eigenvalue weighted by Gasteiger charge is 2.11. The zero-order valence-corrected chi connectivity index (χ0v) is 11.9. The van der Waals surface area contributed by atoms with Crippen molar-refractivity contribution < 1.29 is 0 Å². The standard InChI is InChI=1S/C16H27NO/c1-3-5-7-10-14(11-8-6-4-2)15-12-9-13-16(18)17-15/h9,12-14H,3-8,10-11H2,1-2H3,(H,17,18). The molecular weight excluding hydrogens is 222 g/mol. The van der Waals surface area contributed by atoms with Gasteiger partial charge in [-0.2, -0.15) is 0 Å². The minimum absolute atomic E-state index is 0.0310. The van der Waals surface area contributed by atoms with E-state index >= 15 is 0 Å². The SMILES string of the molecule is CCCCCC(CCCCC)c1cccc(=O)[nH]1. The Morgan fingerprint density at radius 2 is 1.61 bits per heavy atom. The minimum atomic E-state index is 0.0310. The summed E-state index contributed by atoms with van der Waals surface area (Å²) in [5.41, 5.74) is 1.16. The lowest BCUT2D eigenvalue weighted by Gasteiger charge is -2.16. The van der Waals surface area contributed by atoms with Crippen LogP contribution in [0.1, 0.15) is 76.8 Å². The van der Waals surface area contributed by atoms with Gasteiger partial charge in [-0.15, -0.1) is 0 Å². The van der Waals surface area contributed by atoms with Crippen molar-refractivity contribution in [1.29, 1.82) is 0 Å². The predicted octanol–water partition coefficient (Wildman–Crippen LogP) is 4.62. The monoisotopic (exact) mass is 249 g/mol. The summed E-state index contributed by atoms with van der Waals surface area (Å²) in [7, 11) is 0. The molecule has 102 valence electrons. The Kier molecular flexibility index (Phi) is 7.47. The molecule has 0 aromatic carbocycles. The second kappa shape index (κ2) is 8.96. The maximum Gasteiger partial charge on any atom is 0.248 e. The van der Waals surface area contributed by atoms with Gasteiger partial charge in [0.2, 0.25) is 5.56 Å². The van der Waals surface area contributed by atoms with Crippen molar-refractivity contribution in [2.75, 3.05) is 0 Å². The third-order valence-corrected chi connectivity index (χ3v) is 3.54. The number of hydrogen-bond donors (Lipinski definition) is 1. The molecule has 1 rings (SSSR count). The minimum Gasteiger partial charge on any atom is -0.326 e. The van der Waals surface area contributed by atoms with Crippen LogP contribution in [0.25, 0.3) is 0 Å². The lowest BCUT2D eigenvalue weighted by Crippen LogP contribution is -2.10. The van der Waals surface area contributed by atoms with Crippen molar-refractivity contribution in [2.24, 2.45) is 0 Å². The van der Waals surface area contributed by atoms with Crippen molar-refractivity contribution in [3.8, 4) is 0 Å². The van der Waals surface area contributed by atoms with Gasteiger partial charge in [0.15, 0.2) is 0 Å². The maximum atomic E-state index is 11.4. The highest BCUT2D eigenvalue weighted by molar-refractivity contribution is 5.09. The van der Waals surface area contributed by atoms with E-state index in [1.807, 2.05) is 6.07 Å². The first-order valence-electron chi connectivity index (χ1n) is 7.47. The van der Waals surface area contributed by atoms with Crippen molar-refractivity contribution in [2.45, 2.75) is 71.1 Å². The molecule has 18 heavy (non-hydrogen) atoms. The van der Waals surface area contributed by atoms with E-state index in [0.717, 1.165) is 5.69 Å². The third-order valence-electron chi connectivity index (χ3n) is 3.54. The van der Waals surface area contributed by atoms with Crippen LogP contribution in [0.15, 0.2) is 23.0 Å². The number of unbranched alkanes of at least 4 members (excludes halogenated alkanes) is 4. The average Bonchev–Trinajstić information content (AvgIpc) is 2.37. The number of aromatic nitrogens is 1. The molecule has 1 aromatic rings. The molecule has 2 heteroatoms. The molecule has 0 unspecified atom stereocenters. The van der Waals surface area contributed by atoms with E-state index in [2.05, 4.69) is 24.9 Å². The van der Waals surface area contributed by atoms with Gasteiger partial charge in [0.25, 0.3) is 0 Å². The summed E-state index contributed by atoms with van der Waals surface area (Å²) in [6, 6.07) is 5.55. The number of rotatable bonds is 9. The molecule has 0 amide bonds. The van der Waals surface area contributed by atoms with Gasteiger partial charge in [0.1, 0.15) is 0 Å². The molecular formula is C16H27NO. The molecule has 0 fully saturated rings. The molecule has 1 N–H and O–H groups in total. The fraction of sp³-hybridized carbons (Fsp3) is 0.688. The van der Waals surface area contributed by atoms with Crippen LogP contribution in [0.3, 0.4) is 0 Å². The first-order chi connectivity index (χ1) is 8.77. The van der Waals surface area contributed by atoms with Crippen molar-refractivity contribution in [3.05, 3.63) is 34.2 Å². The Morgan fingerprint density at radius 3 is 2.11 bits per heavy atom. The lowest BCUT2D eigenvalue weighted by atomic mass is 9.92. The highest BCUT2D eigenvalue weighted by atomic mass is 16.1. The third kappa shape index (κ3) is 5.52. The first kappa shape index (κ1) is 15.0. The van der Waals surface area contributed by atoms with Gasteiger partial charge < -0.3 is 4.98 Å². The van der Waals surface area contributed by atoms with E-state index in [1.165, 1.54) is 51.4 Å². The Bertz CT molecular complexity index is 359. The molecule has 0 aliphatic carbocycles. The largest absolute Gasteiger partial charge is 0.326 e. The number of nitrogens with one attached hydrogen (secondary N) is 1. The second-order valence-corrected chi connectivity index (χ2v) is 5.16. The molecule has 0 aliphatic rings. The first-order valence-corrected chi connectivity index (χ1v) is 7.47. The van der Waals surface area contributed by atoms with E-state index in [4.69, 9.17) is 0 Å². The van der Waals surface area contributed by atoms with Crippen LogP contribution in [0.4, 0.5) is 0 Å². The molecule has 0 radical (unpaired) electrons. The van der Waals surface area contributed by atoms with Crippen LogP contribution in [0.2, 0.25) is 0 Å². The van der Waals surface area contributed by atoms with E-state index < -0.39 is 0 Å². The van der Waals surface area contributed by atoms with Gasteiger partial charge in [0, 0.05) is 11.8 Å². The molecule has 0 spiro atoms. The molecule has 2 nitrogen and oxygen atoms in total. The Balaban J connectivity index is 2.60. The summed E-state index contributed by atoms with van der Waals surface area (Å²) >= 11 is 0. The van der Waals surface area contributed by atoms with Crippen LogP contribution in [-0.2, 0) is 0 Å². The fourth-order valence-electron chi connectivity index (χ4n) is 2.44. The van der Waals surface area contributed by atoms with Crippen LogP contribution >= 0.6 is 0 Å². The Hall–Kier alpha value is -1.05. The van der Waals surface area contributed by atoms with Crippen LogP contribution in [0, 0.1) is 0 Å². The maximum absolute atomic E-state index is 11.4. The second-order valence-electron chi connectivity index (χ2n) is 5.16. The fourth-order valence-corrected chi connectivity index (χ4v) is 2.44. The quantitative estimate of drug-likeness (QED) is 0.636. The zero-order valence-electron chi connectivity index (χ0n) is 11.9. The van der Waals surface area contributed by atoms with E-state index in [9.17, 15) is 4.79 Å². The summed E-state index contributed by atoms with van der Waals surface area (Å²) in [4.78, 5) is 14.4. The number of pyridine rings is 1. The molecule has 1 heterocycles. The highest BCUT2D eigenvalue weighted by Crippen LogP contribution is 2.26. The van der Waals surface area contributed by atoms with Crippen LogP contribution in [0.5, 0.6) is 0 Å².